The van der Waals surface area contributed by atoms with Gasteiger partial charge < -0.3 is 5.32 Å². The smallest absolute Gasteiger partial charge is 0.343 e. The van der Waals surface area contributed by atoms with Crippen molar-refractivity contribution in [2.24, 2.45) is 5.10 Å². The van der Waals surface area contributed by atoms with E-state index >= 15 is 0 Å². The maximum atomic E-state index is 12.8. The van der Waals surface area contributed by atoms with Crippen LogP contribution in [0.3, 0.4) is 0 Å². The molecule has 0 saturated heterocycles. The highest BCUT2D eigenvalue weighted by molar-refractivity contribution is 6.30. The van der Waals surface area contributed by atoms with Crippen molar-refractivity contribution in [3.05, 3.63) is 70.2 Å². The molecule has 2 aromatic carbocycles. The van der Waals surface area contributed by atoms with Gasteiger partial charge in [-0.05, 0) is 30.3 Å². The number of hydrogen-bond acceptors (Lipinski definition) is 3. The Hall–Kier alpha value is -2.87. The van der Waals surface area contributed by atoms with Crippen LogP contribution in [0, 0.1) is 0 Å². The van der Waals surface area contributed by atoms with Gasteiger partial charge in [0, 0.05) is 16.1 Å². The Morgan fingerprint density at radius 3 is 2.38 bits per heavy atom. The van der Waals surface area contributed by atoms with Gasteiger partial charge in [-0.25, -0.2) is 5.43 Å². The third-order valence-corrected chi connectivity index (χ3v) is 3.43. The van der Waals surface area contributed by atoms with E-state index in [2.05, 4.69) is 15.8 Å². The van der Waals surface area contributed by atoms with E-state index in [-0.39, 0.29) is 12.1 Å². The van der Waals surface area contributed by atoms with Crippen molar-refractivity contribution in [3.63, 3.8) is 0 Å². The second kappa shape index (κ2) is 8.48. The van der Waals surface area contributed by atoms with E-state index in [4.69, 9.17) is 11.6 Å². The minimum absolute atomic E-state index is 0.189. The second-order valence-corrected chi connectivity index (χ2v) is 5.50. The molecule has 0 heterocycles. The molecule has 0 aliphatic heterocycles. The van der Waals surface area contributed by atoms with Crippen LogP contribution in [-0.2, 0) is 11.0 Å². The SMILES string of the molecule is O=C(CNC(=O)c1ccc(Cl)cc1)N/N=C\c1ccccc1C(F)(F)F. The molecule has 2 aromatic rings. The molecule has 0 aromatic heterocycles. The van der Waals surface area contributed by atoms with Crippen molar-refractivity contribution >= 4 is 29.6 Å². The molecule has 2 rings (SSSR count). The zero-order valence-corrected chi connectivity index (χ0v) is 13.9. The van der Waals surface area contributed by atoms with E-state index in [0.29, 0.717) is 10.6 Å². The van der Waals surface area contributed by atoms with Crippen LogP contribution in [0.5, 0.6) is 0 Å². The lowest BCUT2D eigenvalue weighted by atomic mass is 10.1. The molecule has 2 amide bonds. The summed E-state index contributed by atoms with van der Waals surface area (Å²) in [4.78, 5) is 23.4. The first kappa shape index (κ1) is 19.5. The summed E-state index contributed by atoms with van der Waals surface area (Å²) in [6.07, 6.45) is -3.64. The van der Waals surface area contributed by atoms with Gasteiger partial charge in [0.1, 0.15) is 0 Å². The van der Waals surface area contributed by atoms with E-state index < -0.39 is 23.6 Å². The molecule has 2 N–H and O–H groups in total. The van der Waals surface area contributed by atoms with Gasteiger partial charge in [0.05, 0.1) is 18.3 Å². The average Bonchev–Trinajstić information content (AvgIpc) is 2.60. The van der Waals surface area contributed by atoms with Gasteiger partial charge in [-0.15, -0.1) is 0 Å². The number of amides is 2. The number of nitrogens with one attached hydrogen (secondary N) is 2. The highest BCUT2D eigenvalue weighted by Crippen LogP contribution is 2.30. The monoisotopic (exact) mass is 383 g/mol. The summed E-state index contributed by atoms with van der Waals surface area (Å²) in [5.41, 5.74) is 1.31. The molecule has 0 unspecified atom stereocenters. The zero-order valence-electron chi connectivity index (χ0n) is 13.2. The van der Waals surface area contributed by atoms with Crippen LogP contribution < -0.4 is 10.7 Å². The Kier molecular flexibility index (Phi) is 6.35. The van der Waals surface area contributed by atoms with Crippen molar-refractivity contribution in [2.75, 3.05) is 6.54 Å². The topological polar surface area (TPSA) is 70.6 Å². The summed E-state index contributed by atoms with van der Waals surface area (Å²) in [6.45, 7) is -0.389. The van der Waals surface area contributed by atoms with E-state index in [1.54, 1.807) is 0 Å². The lowest BCUT2D eigenvalue weighted by molar-refractivity contribution is -0.137. The van der Waals surface area contributed by atoms with Gasteiger partial charge in [-0.2, -0.15) is 18.3 Å². The Morgan fingerprint density at radius 2 is 1.73 bits per heavy atom. The standard InChI is InChI=1S/C17H13ClF3N3O2/c18-13-7-5-11(6-8-13)16(26)22-10-15(25)24-23-9-12-3-1-2-4-14(12)17(19,20)21/h1-9H,10H2,(H,22,26)(H,24,25)/b23-9-. The van der Waals surface area contributed by atoms with Crippen LogP contribution in [0.25, 0.3) is 0 Å². The number of benzene rings is 2. The first-order chi connectivity index (χ1) is 12.3. The molecular formula is C17H13ClF3N3O2. The first-order valence-electron chi connectivity index (χ1n) is 7.29. The summed E-state index contributed by atoms with van der Waals surface area (Å²) in [6, 6.07) is 10.8. The summed E-state index contributed by atoms with van der Waals surface area (Å²) in [7, 11) is 0. The maximum Gasteiger partial charge on any atom is 0.417 e. The molecule has 0 aliphatic rings. The molecule has 0 radical (unpaired) electrons. The lowest BCUT2D eigenvalue weighted by Crippen LogP contribution is -2.34. The first-order valence-corrected chi connectivity index (χ1v) is 7.67. The number of hydrogen-bond donors (Lipinski definition) is 2. The fourth-order valence-electron chi connectivity index (χ4n) is 1.94. The Balaban J connectivity index is 1.88. The van der Waals surface area contributed by atoms with Gasteiger partial charge in [0.25, 0.3) is 11.8 Å². The quantitative estimate of drug-likeness (QED) is 0.614. The number of rotatable bonds is 5. The van der Waals surface area contributed by atoms with E-state index in [1.807, 2.05) is 0 Å². The van der Waals surface area contributed by atoms with Crippen LogP contribution in [0.4, 0.5) is 13.2 Å². The molecule has 0 saturated carbocycles. The van der Waals surface area contributed by atoms with E-state index in [1.165, 1.54) is 42.5 Å². The predicted molar refractivity (Wildman–Crippen MR) is 91.0 cm³/mol. The number of carbonyl (C=O) groups is 2. The average molecular weight is 384 g/mol. The molecule has 26 heavy (non-hydrogen) atoms. The van der Waals surface area contributed by atoms with Crippen LogP contribution in [-0.4, -0.2) is 24.6 Å². The van der Waals surface area contributed by atoms with Crippen molar-refractivity contribution in [2.45, 2.75) is 6.18 Å². The zero-order chi connectivity index (χ0) is 19.2. The highest BCUT2D eigenvalue weighted by Gasteiger charge is 2.32. The van der Waals surface area contributed by atoms with Crippen molar-refractivity contribution in [3.8, 4) is 0 Å². The number of alkyl halides is 3. The fourth-order valence-corrected chi connectivity index (χ4v) is 2.07. The fraction of sp³-hybridized carbons (Fsp3) is 0.118. The summed E-state index contributed by atoms with van der Waals surface area (Å²) >= 11 is 5.71. The highest BCUT2D eigenvalue weighted by atomic mass is 35.5. The van der Waals surface area contributed by atoms with E-state index in [9.17, 15) is 22.8 Å². The minimum atomic E-state index is -4.53. The minimum Gasteiger partial charge on any atom is -0.343 e. The van der Waals surface area contributed by atoms with Gasteiger partial charge >= 0.3 is 6.18 Å². The molecule has 0 spiro atoms. The molecule has 0 atom stereocenters. The van der Waals surface area contributed by atoms with Crippen LogP contribution in [0.1, 0.15) is 21.5 Å². The van der Waals surface area contributed by atoms with Gasteiger partial charge in [-0.1, -0.05) is 29.8 Å². The van der Waals surface area contributed by atoms with Gasteiger partial charge in [0.15, 0.2) is 0 Å². The Labute approximate surface area is 151 Å². The molecule has 0 fully saturated rings. The van der Waals surface area contributed by atoms with Crippen LogP contribution in [0.2, 0.25) is 5.02 Å². The van der Waals surface area contributed by atoms with Crippen molar-refractivity contribution in [1.82, 2.24) is 10.7 Å². The maximum absolute atomic E-state index is 12.8. The Bertz CT molecular complexity index is 821. The number of nitrogens with zero attached hydrogens (tertiary/aromatic N) is 1. The molecule has 5 nitrogen and oxygen atoms in total. The molecule has 9 heteroatoms. The summed E-state index contributed by atoms with van der Waals surface area (Å²) in [5, 5.41) is 6.30. The largest absolute Gasteiger partial charge is 0.417 e. The van der Waals surface area contributed by atoms with Crippen molar-refractivity contribution in [1.29, 1.82) is 0 Å². The molecule has 0 aliphatic carbocycles. The predicted octanol–water partition coefficient (Wildman–Crippen LogP) is 3.24. The third kappa shape index (κ3) is 5.59. The Morgan fingerprint density at radius 1 is 1.08 bits per heavy atom. The van der Waals surface area contributed by atoms with Crippen LogP contribution >= 0.6 is 11.6 Å². The molecule has 0 bridgehead atoms. The van der Waals surface area contributed by atoms with Crippen LogP contribution in [0.15, 0.2) is 53.6 Å². The van der Waals surface area contributed by atoms with Crippen molar-refractivity contribution < 1.29 is 22.8 Å². The number of hydrazone groups is 1. The van der Waals surface area contributed by atoms with E-state index in [0.717, 1.165) is 12.3 Å². The lowest BCUT2D eigenvalue weighted by Gasteiger charge is -2.09. The number of halogens is 4. The molecular weight excluding hydrogens is 371 g/mol. The van der Waals surface area contributed by atoms with Gasteiger partial charge in [-0.3, -0.25) is 9.59 Å². The second-order valence-electron chi connectivity index (χ2n) is 5.07. The third-order valence-electron chi connectivity index (χ3n) is 3.17. The summed E-state index contributed by atoms with van der Waals surface area (Å²) in [5.74, 6) is -1.18. The van der Waals surface area contributed by atoms with Gasteiger partial charge in [0.2, 0.25) is 0 Å². The molecule has 136 valence electrons. The normalized spacial score (nSPS) is 11.4. The number of carbonyl (C=O) groups excluding carboxylic acids is 2. The summed E-state index contributed by atoms with van der Waals surface area (Å²) < 4.78 is 38.5.